The number of rotatable bonds is 5. The number of carbonyl (C=O) groups excluding carboxylic acids is 1. The first-order chi connectivity index (χ1) is 10.4. The molecule has 2 rings (SSSR count). The second-order valence-corrected chi connectivity index (χ2v) is 6.47. The maximum atomic E-state index is 13.1. The Morgan fingerprint density at radius 2 is 1.77 bits per heavy atom. The molecule has 1 aliphatic heterocycles. The predicted octanol–water partition coefficient (Wildman–Crippen LogP) is 3.06. The van der Waals surface area contributed by atoms with Gasteiger partial charge in [-0.2, -0.15) is 0 Å². The van der Waals surface area contributed by atoms with Crippen LogP contribution in [0.25, 0.3) is 0 Å². The highest BCUT2D eigenvalue weighted by atomic mass is 19.1. The number of carbonyl (C=O) groups is 1. The molecule has 0 spiro atoms. The number of piperidine rings is 1. The molecule has 122 valence electrons. The van der Waals surface area contributed by atoms with Crippen molar-refractivity contribution in [2.24, 2.45) is 11.8 Å². The smallest absolute Gasteiger partial charge is 0.251 e. The van der Waals surface area contributed by atoms with E-state index >= 15 is 0 Å². The molecule has 1 aromatic carbocycles. The van der Waals surface area contributed by atoms with Crippen molar-refractivity contribution in [3.8, 4) is 0 Å². The lowest BCUT2D eigenvalue weighted by Crippen LogP contribution is -2.40. The molecule has 1 aromatic rings. The number of benzene rings is 1. The monoisotopic (exact) mass is 310 g/mol. The fourth-order valence-electron chi connectivity index (χ4n) is 3.27. The largest absolute Gasteiger partial charge is 0.352 e. The van der Waals surface area contributed by atoms with E-state index in [9.17, 15) is 13.6 Å². The number of likely N-dealkylation sites (tertiary alicyclic amines) is 1. The third kappa shape index (κ3) is 5.05. The van der Waals surface area contributed by atoms with Gasteiger partial charge in [-0.1, -0.05) is 13.8 Å². The average molecular weight is 310 g/mol. The van der Waals surface area contributed by atoms with Crippen molar-refractivity contribution in [1.82, 2.24) is 10.2 Å². The summed E-state index contributed by atoms with van der Waals surface area (Å²) in [5.41, 5.74) is 0.0257. The molecule has 0 aromatic heterocycles. The van der Waals surface area contributed by atoms with Crippen LogP contribution < -0.4 is 5.32 Å². The van der Waals surface area contributed by atoms with Crippen molar-refractivity contribution in [2.45, 2.75) is 26.7 Å². The zero-order chi connectivity index (χ0) is 16.1. The van der Waals surface area contributed by atoms with Crippen LogP contribution in [0.5, 0.6) is 0 Å². The molecule has 1 aliphatic rings. The Bertz CT molecular complexity index is 491. The molecule has 1 N–H and O–H groups in total. The average Bonchev–Trinajstić information content (AvgIpc) is 2.41. The summed E-state index contributed by atoms with van der Waals surface area (Å²) in [4.78, 5) is 14.3. The zero-order valence-electron chi connectivity index (χ0n) is 13.2. The van der Waals surface area contributed by atoms with Crippen molar-refractivity contribution >= 4 is 5.91 Å². The summed E-state index contributed by atoms with van der Waals surface area (Å²) in [6.45, 7) is 8.19. The van der Waals surface area contributed by atoms with E-state index in [4.69, 9.17) is 0 Å². The number of halogens is 2. The van der Waals surface area contributed by atoms with Gasteiger partial charge in [0.25, 0.3) is 5.91 Å². The summed E-state index contributed by atoms with van der Waals surface area (Å²) in [7, 11) is 0. The van der Waals surface area contributed by atoms with Gasteiger partial charge in [-0.25, -0.2) is 8.78 Å². The topological polar surface area (TPSA) is 32.3 Å². The Morgan fingerprint density at radius 1 is 1.18 bits per heavy atom. The molecule has 0 unspecified atom stereocenters. The summed E-state index contributed by atoms with van der Waals surface area (Å²) in [6, 6.07) is 2.86. The highest BCUT2D eigenvalue weighted by Crippen LogP contribution is 2.20. The molecule has 0 aliphatic carbocycles. The van der Waals surface area contributed by atoms with Crippen molar-refractivity contribution in [3.63, 3.8) is 0 Å². The minimum absolute atomic E-state index is 0.0257. The van der Waals surface area contributed by atoms with Gasteiger partial charge in [0, 0.05) is 31.3 Å². The molecule has 1 fully saturated rings. The summed E-state index contributed by atoms with van der Waals surface area (Å²) < 4.78 is 26.1. The van der Waals surface area contributed by atoms with E-state index < -0.39 is 17.5 Å². The number of hydrogen-bond acceptors (Lipinski definition) is 2. The Labute approximate surface area is 130 Å². The van der Waals surface area contributed by atoms with Gasteiger partial charge in [0.2, 0.25) is 0 Å². The first-order valence-corrected chi connectivity index (χ1v) is 7.90. The molecule has 2 atom stereocenters. The summed E-state index contributed by atoms with van der Waals surface area (Å²) in [5, 5.41) is 2.72. The van der Waals surface area contributed by atoms with E-state index in [0.717, 1.165) is 44.3 Å². The van der Waals surface area contributed by atoms with E-state index in [2.05, 4.69) is 24.1 Å². The van der Waals surface area contributed by atoms with Crippen molar-refractivity contribution in [1.29, 1.82) is 0 Å². The van der Waals surface area contributed by atoms with Crippen molar-refractivity contribution in [3.05, 3.63) is 35.4 Å². The van der Waals surface area contributed by atoms with Gasteiger partial charge >= 0.3 is 0 Å². The normalized spacial score (nSPS) is 22.5. The fourth-order valence-corrected chi connectivity index (χ4v) is 3.27. The molecular formula is C17H24F2N2O. The van der Waals surface area contributed by atoms with E-state index in [1.807, 2.05) is 0 Å². The molecule has 1 heterocycles. The van der Waals surface area contributed by atoms with Gasteiger partial charge < -0.3 is 10.2 Å². The van der Waals surface area contributed by atoms with Crippen LogP contribution in [0.3, 0.4) is 0 Å². The molecule has 1 saturated heterocycles. The summed E-state index contributed by atoms with van der Waals surface area (Å²) in [6.07, 6.45) is 2.11. The van der Waals surface area contributed by atoms with E-state index in [0.29, 0.717) is 18.4 Å². The summed E-state index contributed by atoms with van der Waals surface area (Å²) >= 11 is 0. The van der Waals surface area contributed by atoms with Crippen LogP contribution in [0.4, 0.5) is 8.78 Å². The van der Waals surface area contributed by atoms with E-state index in [1.165, 1.54) is 6.42 Å². The van der Waals surface area contributed by atoms with Gasteiger partial charge in [-0.3, -0.25) is 4.79 Å². The summed E-state index contributed by atoms with van der Waals surface area (Å²) in [5.74, 6) is -0.469. The lowest BCUT2D eigenvalue weighted by molar-refractivity contribution is 0.0946. The standard InChI is InChI=1S/C17H24F2N2O/c1-12-6-13(2)11-21(10-12)5-3-4-20-17(22)14-7-15(18)9-16(19)8-14/h7-9,12-13H,3-6,10-11H2,1-2H3,(H,20,22)/t12-,13+. The Balaban J connectivity index is 1.73. The number of nitrogens with zero attached hydrogens (tertiary/aromatic N) is 1. The van der Waals surface area contributed by atoms with Crippen LogP contribution in [0.15, 0.2) is 18.2 Å². The van der Waals surface area contributed by atoms with Crippen LogP contribution in [0.1, 0.15) is 37.0 Å². The highest BCUT2D eigenvalue weighted by Gasteiger charge is 2.21. The minimum Gasteiger partial charge on any atom is -0.352 e. The number of hydrogen-bond donors (Lipinski definition) is 1. The van der Waals surface area contributed by atoms with Gasteiger partial charge in [-0.15, -0.1) is 0 Å². The van der Waals surface area contributed by atoms with E-state index in [-0.39, 0.29) is 5.56 Å². The molecule has 0 radical (unpaired) electrons. The SMILES string of the molecule is C[C@@H]1C[C@H](C)CN(CCCNC(=O)c2cc(F)cc(F)c2)C1. The number of amides is 1. The molecular weight excluding hydrogens is 286 g/mol. The maximum absolute atomic E-state index is 13.1. The zero-order valence-corrected chi connectivity index (χ0v) is 13.2. The molecule has 1 amide bonds. The third-order valence-electron chi connectivity index (χ3n) is 4.01. The van der Waals surface area contributed by atoms with Crippen LogP contribution in [0, 0.1) is 23.5 Å². The Hall–Kier alpha value is -1.49. The molecule has 0 bridgehead atoms. The van der Waals surface area contributed by atoms with Crippen LogP contribution in [0.2, 0.25) is 0 Å². The second-order valence-electron chi connectivity index (χ2n) is 6.47. The first-order valence-electron chi connectivity index (χ1n) is 7.90. The van der Waals surface area contributed by atoms with E-state index in [1.54, 1.807) is 0 Å². The lowest BCUT2D eigenvalue weighted by Gasteiger charge is -2.34. The van der Waals surface area contributed by atoms with Crippen LogP contribution in [-0.2, 0) is 0 Å². The van der Waals surface area contributed by atoms with Crippen LogP contribution in [-0.4, -0.2) is 37.0 Å². The molecule has 3 nitrogen and oxygen atoms in total. The fraction of sp³-hybridized carbons (Fsp3) is 0.588. The maximum Gasteiger partial charge on any atom is 0.251 e. The molecule has 5 heteroatoms. The first kappa shape index (κ1) is 16.9. The molecule has 0 saturated carbocycles. The van der Waals surface area contributed by atoms with Gasteiger partial charge in [0.05, 0.1) is 0 Å². The Kier molecular flexibility index (Phi) is 5.89. The minimum atomic E-state index is -0.735. The molecule has 22 heavy (non-hydrogen) atoms. The van der Waals surface area contributed by atoms with Gasteiger partial charge in [0.1, 0.15) is 11.6 Å². The highest BCUT2D eigenvalue weighted by molar-refractivity contribution is 5.94. The van der Waals surface area contributed by atoms with Crippen molar-refractivity contribution < 1.29 is 13.6 Å². The third-order valence-corrected chi connectivity index (χ3v) is 4.01. The van der Waals surface area contributed by atoms with Crippen molar-refractivity contribution in [2.75, 3.05) is 26.2 Å². The van der Waals surface area contributed by atoms with Gasteiger partial charge in [0.15, 0.2) is 0 Å². The number of nitrogens with one attached hydrogen (secondary N) is 1. The van der Waals surface area contributed by atoms with Crippen LogP contribution >= 0.6 is 0 Å². The van der Waals surface area contributed by atoms with Gasteiger partial charge in [-0.05, 0) is 43.4 Å². The predicted molar refractivity (Wildman–Crippen MR) is 82.7 cm³/mol. The lowest BCUT2D eigenvalue weighted by atomic mass is 9.92. The Morgan fingerprint density at radius 3 is 2.36 bits per heavy atom. The second kappa shape index (κ2) is 7.68. The quantitative estimate of drug-likeness (QED) is 0.848.